The Balaban J connectivity index is 1.83. The fourth-order valence-electron chi connectivity index (χ4n) is 1.92. The Labute approximate surface area is 136 Å². The molecular formula is C17H11FN4S. The third-order valence-electron chi connectivity index (χ3n) is 3.00. The first-order valence-corrected chi connectivity index (χ1v) is 7.65. The molecular weight excluding hydrogens is 311 g/mol. The van der Waals surface area contributed by atoms with E-state index in [0.29, 0.717) is 10.7 Å². The molecule has 3 rings (SSSR count). The molecule has 2 aromatic carbocycles. The predicted molar refractivity (Wildman–Crippen MR) is 89.7 cm³/mol. The lowest BCUT2D eigenvalue weighted by molar-refractivity contribution is 0.628. The standard InChI is InChI=1S/C17H11FN4S/c18-13-7-4-8-14(9-13)21-22-15(10-19)17-20-16(11-23-17)12-5-2-1-3-6-12/h1-9,11,21H/b22-15+. The van der Waals surface area contributed by atoms with Gasteiger partial charge in [0, 0.05) is 10.9 Å². The number of halogens is 1. The number of aromatic nitrogens is 1. The summed E-state index contributed by atoms with van der Waals surface area (Å²) in [7, 11) is 0. The molecule has 0 saturated carbocycles. The zero-order valence-electron chi connectivity index (χ0n) is 11.9. The zero-order valence-corrected chi connectivity index (χ0v) is 12.7. The number of nitrogens with zero attached hydrogens (tertiary/aromatic N) is 3. The van der Waals surface area contributed by atoms with Crippen molar-refractivity contribution in [3.05, 3.63) is 70.8 Å². The first kappa shape index (κ1) is 14.9. The van der Waals surface area contributed by atoms with E-state index in [1.807, 2.05) is 41.8 Å². The minimum atomic E-state index is -0.371. The molecule has 1 heterocycles. The van der Waals surface area contributed by atoms with E-state index < -0.39 is 0 Å². The second-order valence-corrected chi connectivity index (χ2v) is 5.46. The van der Waals surface area contributed by atoms with Gasteiger partial charge in [-0.1, -0.05) is 36.4 Å². The van der Waals surface area contributed by atoms with Crippen LogP contribution in [0, 0.1) is 17.1 Å². The van der Waals surface area contributed by atoms with Crippen LogP contribution in [-0.2, 0) is 0 Å². The molecule has 0 amide bonds. The van der Waals surface area contributed by atoms with Crippen molar-refractivity contribution >= 4 is 22.7 Å². The average Bonchev–Trinajstić information content (AvgIpc) is 3.06. The van der Waals surface area contributed by atoms with Crippen molar-refractivity contribution in [1.82, 2.24) is 4.98 Å². The number of benzene rings is 2. The van der Waals surface area contributed by atoms with Crippen LogP contribution in [0.5, 0.6) is 0 Å². The number of hydrogen-bond donors (Lipinski definition) is 1. The second-order valence-electron chi connectivity index (χ2n) is 4.60. The van der Waals surface area contributed by atoms with E-state index in [9.17, 15) is 9.65 Å². The molecule has 1 aromatic heterocycles. The van der Waals surface area contributed by atoms with Gasteiger partial charge in [0.2, 0.25) is 0 Å². The van der Waals surface area contributed by atoms with Crippen LogP contribution < -0.4 is 5.43 Å². The van der Waals surface area contributed by atoms with Crippen molar-refractivity contribution in [3.8, 4) is 17.3 Å². The summed E-state index contributed by atoms with van der Waals surface area (Å²) in [6.07, 6.45) is 0. The molecule has 23 heavy (non-hydrogen) atoms. The van der Waals surface area contributed by atoms with Crippen molar-refractivity contribution in [2.24, 2.45) is 5.10 Å². The first-order chi connectivity index (χ1) is 11.3. The maximum absolute atomic E-state index is 13.1. The number of hydrazone groups is 1. The highest BCUT2D eigenvalue weighted by atomic mass is 32.1. The number of anilines is 1. The monoisotopic (exact) mass is 322 g/mol. The normalized spacial score (nSPS) is 11.0. The van der Waals surface area contributed by atoms with Gasteiger partial charge in [-0.05, 0) is 18.2 Å². The predicted octanol–water partition coefficient (Wildman–Crippen LogP) is 4.29. The number of thiazole rings is 1. The third kappa shape index (κ3) is 3.59. The molecule has 1 N–H and O–H groups in total. The van der Waals surface area contributed by atoms with Crippen molar-refractivity contribution in [1.29, 1.82) is 5.26 Å². The highest BCUT2D eigenvalue weighted by Crippen LogP contribution is 2.22. The maximum atomic E-state index is 13.1. The maximum Gasteiger partial charge on any atom is 0.196 e. The SMILES string of the molecule is N#C/C(=N\Nc1cccc(F)c1)c1nc(-c2ccccc2)cs1. The molecule has 3 aromatic rings. The van der Waals surface area contributed by atoms with E-state index in [-0.39, 0.29) is 11.5 Å². The fraction of sp³-hybridized carbons (Fsp3) is 0. The zero-order chi connectivity index (χ0) is 16.1. The van der Waals surface area contributed by atoms with Gasteiger partial charge in [-0.2, -0.15) is 10.4 Å². The van der Waals surface area contributed by atoms with Gasteiger partial charge < -0.3 is 0 Å². The molecule has 0 unspecified atom stereocenters. The summed E-state index contributed by atoms with van der Waals surface area (Å²) in [6, 6.07) is 17.6. The van der Waals surface area contributed by atoms with Gasteiger partial charge in [-0.25, -0.2) is 9.37 Å². The number of hydrogen-bond acceptors (Lipinski definition) is 5. The molecule has 0 bridgehead atoms. The summed E-state index contributed by atoms with van der Waals surface area (Å²) in [5.41, 5.74) is 5.07. The lowest BCUT2D eigenvalue weighted by Crippen LogP contribution is -2.01. The highest BCUT2D eigenvalue weighted by Gasteiger charge is 2.10. The van der Waals surface area contributed by atoms with Crippen molar-refractivity contribution in [2.45, 2.75) is 0 Å². The Morgan fingerprint density at radius 1 is 1.17 bits per heavy atom. The molecule has 0 fully saturated rings. The summed E-state index contributed by atoms with van der Waals surface area (Å²) in [4.78, 5) is 4.43. The van der Waals surface area contributed by atoms with Crippen LogP contribution in [0.1, 0.15) is 5.01 Å². The summed E-state index contributed by atoms with van der Waals surface area (Å²) in [5.74, 6) is -0.371. The lowest BCUT2D eigenvalue weighted by Gasteiger charge is -2.00. The van der Waals surface area contributed by atoms with Crippen LogP contribution in [0.4, 0.5) is 10.1 Å². The summed E-state index contributed by atoms with van der Waals surface area (Å²) < 4.78 is 13.1. The molecule has 0 aliphatic rings. The first-order valence-electron chi connectivity index (χ1n) is 6.77. The van der Waals surface area contributed by atoms with E-state index >= 15 is 0 Å². The van der Waals surface area contributed by atoms with Crippen molar-refractivity contribution < 1.29 is 4.39 Å². The van der Waals surface area contributed by atoms with Crippen LogP contribution in [0.15, 0.2) is 65.1 Å². The van der Waals surface area contributed by atoms with Crippen LogP contribution in [-0.4, -0.2) is 10.7 Å². The molecule has 0 spiro atoms. The lowest BCUT2D eigenvalue weighted by atomic mass is 10.2. The van der Waals surface area contributed by atoms with E-state index in [1.165, 1.54) is 23.5 Å². The van der Waals surface area contributed by atoms with E-state index in [4.69, 9.17) is 0 Å². The van der Waals surface area contributed by atoms with Crippen molar-refractivity contribution in [3.63, 3.8) is 0 Å². The molecule has 6 heteroatoms. The summed E-state index contributed by atoms with van der Waals surface area (Å²) in [5, 5.41) is 15.7. The summed E-state index contributed by atoms with van der Waals surface area (Å²) >= 11 is 1.34. The van der Waals surface area contributed by atoms with Crippen LogP contribution in [0.2, 0.25) is 0 Å². The Hall–Kier alpha value is -3.04. The Morgan fingerprint density at radius 2 is 2.00 bits per heavy atom. The van der Waals surface area contributed by atoms with E-state index in [2.05, 4.69) is 15.5 Å². The third-order valence-corrected chi connectivity index (χ3v) is 3.85. The van der Waals surface area contributed by atoms with Crippen molar-refractivity contribution in [2.75, 3.05) is 5.43 Å². The molecule has 112 valence electrons. The van der Waals surface area contributed by atoms with E-state index in [1.54, 1.807) is 12.1 Å². The van der Waals surface area contributed by atoms with Gasteiger partial charge in [0.05, 0.1) is 11.4 Å². The molecule has 0 aliphatic heterocycles. The Morgan fingerprint density at radius 3 is 2.74 bits per heavy atom. The smallest absolute Gasteiger partial charge is 0.196 e. The van der Waals surface area contributed by atoms with Crippen LogP contribution >= 0.6 is 11.3 Å². The van der Waals surface area contributed by atoms with Crippen LogP contribution in [0.25, 0.3) is 11.3 Å². The van der Waals surface area contributed by atoms with Crippen LogP contribution in [0.3, 0.4) is 0 Å². The van der Waals surface area contributed by atoms with Gasteiger partial charge in [0.25, 0.3) is 0 Å². The Kier molecular flexibility index (Phi) is 4.41. The van der Waals surface area contributed by atoms with Gasteiger partial charge in [0.1, 0.15) is 11.9 Å². The second kappa shape index (κ2) is 6.81. The average molecular weight is 322 g/mol. The molecule has 0 aliphatic carbocycles. The number of nitrogens with one attached hydrogen (secondary N) is 1. The van der Waals surface area contributed by atoms with Gasteiger partial charge in [-0.15, -0.1) is 11.3 Å². The topological polar surface area (TPSA) is 61.1 Å². The number of nitriles is 1. The Bertz CT molecular complexity index is 881. The van der Waals surface area contributed by atoms with Gasteiger partial charge >= 0.3 is 0 Å². The van der Waals surface area contributed by atoms with Gasteiger partial charge in [-0.3, -0.25) is 5.43 Å². The van der Waals surface area contributed by atoms with E-state index in [0.717, 1.165) is 11.3 Å². The summed E-state index contributed by atoms with van der Waals surface area (Å²) in [6.45, 7) is 0. The molecule has 4 nitrogen and oxygen atoms in total. The fourth-order valence-corrected chi connectivity index (χ4v) is 2.69. The number of rotatable bonds is 4. The molecule has 0 saturated heterocycles. The minimum Gasteiger partial charge on any atom is -0.277 e. The highest BCUT2D eigenvalue weighted by molar-refractivity contribution is 7.12. The minimum absolute atomic E-state index is 0.154. The molecule has 0 atom stereocenters. The van der Waals surface area contributed by atoms with Gasteiger partial charge in [0.15, 0.2) is 10.7 Å². The largest absolute Gasteiger partial charge is 0.277 e. The molecule has 0 radical (unpaired) electrons. The quantitative estimate of drug-likeness (QED) is 0.576.